The molecule has 2 N–H and O–H groups in total. The van der Waals surface area contributed by atoms with Gasteiger partial charge in [0.15, 0.2) is 0 Å². The second-order valence-corrected chi connectivity index (χ2v) is 4.22. The Morgan fingerprint density at radius 2 is 2.21 bits per heavy atom. The van der Waals surface area contributed by atoms with Gasteiger partial charge in [-0.05, 0) is 19.1 Å². The van der Waals surface area contributed by atoms with E-state index in [4.69, 9.17) is 26.8 Å². The number of hydrogen-bond donors (Lipinski definition) is 1. The maximum absolute atomic E-state index is 11.7. The van der Waals surface area contributed by atoms with Gasteiger partial charge in [-0.1, -0.05) is 11.6 Å². The Balaban J connectivity index is 2.63. The molecule has 5 nitrogen and oxygen atoms in total. The van der Waals surface area contributed by atoms with Crippen molar-refractivity contribution < 1.29 is 14.3 Å². The minimum Gasteiger partial charge on any atom is -0.495 e. The van der Waals surface area contributed by atoms with Crippen LogP contribution in [0.2, 0.25) is 5.02 Å². The van der Waals surface area contributed by atoms with E-state index in [-0.39, 0.29) is 12.2 Å². The first-order chi connectivity index (χ1) is 9.08. The molecule has 0 atom stereocenters. The highest BCUT2D eigenvalue weighted by atomic mass is 35.5. The maximum atomic E-state index is 11.7. The number of anilines is 1. The highest BCUT2D eigenvalue weighted by Gasteiger charge is 2.15. The van der Waals surface area contributed by atoms with Crippen LogP contribution in [0.1, 0.15) is 17.3 Å². The van der Waals surface area contributed by atoms with Crippen molar-refractivity contribution in [1.82, 2.24) is 4.98 Å². The Morgan fingerprint density at radius 3 is 2.84 bits per heavy atom. The zero-order valence-electron chi connectivity index (χ0n) is 10.6. The van der Waals surface area contributed by atoms with E-state index in [0.717, 1.165) is 0 Å². The van der Waals surface area contributed by atoms with E-state index < -0.39 is 5.97 Å². The van der Waals surface area contributed by atoms with Gasteiger partial charge in [-0.15, -0.1) is 0 Å². The smallest absolute Gasteiger partial charge is 0.341 e. The lowest BCUT2D eigenvalue weighted by molar-refractivity contribution is 0.0527. The Bertz CT molecular complexity index is 643. The lowest BCUT2D eigenvalue weighted by Crippen LogP contribution is -2.09. The van der Waals surface area contributed by atoms with Crippen molar-refractivity contribution in [3.8, 4) is 5.75 Å². The molecule has 0 aliphatic heterocycles. The van der Waals surface area contributed by atoms with Gasteiger partial charge in [0.05, 0.1) is 29.9 Å². The van der Waals surface area contributed by atoms with E-state index in [2.05, 4.69) is 4.98 Å². The highest BCUT2D eigenvalue weighted by Crippen LogP contribution is 2.33. The van der Waals surface area contributed by atoms with Gasteiger partial charge in [0.2, 0.25) is 0 Å². The summed E-state index contributed by atoms with van der Waals surface area (Å²) in [4.78, 5) is 15.9. The standard InChI is InChI=1S/C13H13ClN2O3/c1-3-19-13(17)8-6-16-10-5-9(14)11(18-2)4-7(10)12(8)15/h4-6H,3H2,1-2H3,(H2,15,16). The van der Waals surface area contributed by atoms with Crippen LogP contribution in [0.5, 0.6) is 5.75 Å². The number of benzene rings is 1. The van der Waals surface area contributed by atoms with Gasteiger partial charge in [0, 0.05) is 11.6 Å². The Kier molecular flexibility index (Phi) is 3.76. The van der Waals surface area contributed by atoms with E-state index in [1.807, 2.05) is 0 Å². The molecule has 0 fully saturated rings. The molecule has 0 radical (unpaired) electrons. The summed E-state index contributed by atoms with van der Waals surface area (Å²) in [6, 6.07) is 3.30. The SMILES string of the molecule is CCOC(=O)c1cnc2cc(Cl)c(OC)cc2c1N. The van der Waals surface area contributed by atoms with Crippen LogP contribution >= 0.6 is 11.6 Å². The quantitative estimate of drug-likeness (QED) is 0.875. The fourth-order valence-corrected chi connectivity index (χ4v) is 1.98. The van der Waals surface area contributed by atoms with Crippen LogP contribution < -0.4 is 10.5 Å². The number of aromatic nitrogens is 1. The summed E-state index contributed by atoms with van der Waals surface area (Å²) in [6.07, 6.45) is 1.39. The van der Waals surface area contributed by atoms with E-state index in [1.165, 1.54) is 13.3 Å². The third kappa shape index (κ3) is 2.42. The van der Waals surface area contributed by atoms with E-state index >= 15 is 0 Å². The molecular weight excluding hydrogens is 268 g/mol. The zero-order chi connectivity index (χ0) is 14.0. The first-order valence-corrected chi connectivity index (χ1v) is 6.05. The molecule has 0 amide bonds. The number of carbonyl (C=O) groups excluding carboxylic acids is 1. The molecule has 0 unspecified atom stereocenters. The van der Waals surface area contributed by atoms with Crippen LogP contribution in [0.15, 0.2) is 18.3 Å². The van der Waals surface area contributed by atoms with Crippen molar-refractivity contribution in [2.75, 3.05) is 19.5 Å². The third-order valence-corrected chi connectivity index (χ3v) is 2.97. The van der Waals surface area contributed by atoms with Crippen molar-refractivity contribution in [2.45, 2.75) is 6.92 Å². The molecule has 0 spiro atoms. The largest absolute Gasteiger partial charge is 0.495 e. The van der Waals surface area contributed by atoms with Gasteiger partial charge in [0.1, 0.15) is 11.3 Å². The summed E-state index contributed by atoms with van der Waals surface area (Å²) >= 11 is 6.01. The number of fused-ring (bicyclic) bond motifs is 1. The lowest BCUT2D eigenvalue weighted by Gasteiger charge is -2.10. The molecule has 0 saturated heterocycles. The average molecular weight is 281 g/mol. The summed E-state index contributed by atoms with van der Waals surface area (Å²) in [6.45, 7) is 2.01. The molecule has 2 aromatic rings. The van der Waals surface area contributed by atoms with Crippen molar-refractivity contribution >= 4 is 34.2 Å². The first kappa shape index (κ1) is 13.4. The molecule has 100 valence electrons. The number of nitrogen functional groups attached to an aromatic ring is 1. The number of methoxy groups -OCH3 is 1. The topological polar surface area (TPSA) is 74.4 Å². The van der Waals surface area contributed by atoms with Gasteiger partial charge in [-0.3, -0.25) is 4.98 Å². The number of carbonyl (C=O) groups is 1. The predicted octanol–water partition coefficient (Wildman–Crippen LogP) is 2.66. The number of esters is 1. The third-order valence-electron chi connectivity index (χ3n) is 2.68. The van der Waals surface area contributed by atoms with Crippen LogP contribution in [0, 0.1) is 0 Å². The summed E-state index contributed by atoms with van der Waals surface area (Å²) in [5.41, 5.74) is 7.12. The summed E-state index contributed by atoms with van der Waals surface area (Å²) < 4.78 is 10.0. The van der Waals surface area contributed by atoms with E-state index in [1.54, 1.807) is 19.1 Å². The van der Waals surface area contributed by atoms with Crippen molar-refractivity contribution in [1.29, 1.82) is 0 Å². The van der Waals surface area contributed by atoms with Gasteiger partial charge < -0.3 is 15.2 Å². The molecule has 0 aliphatic rings. The predicted molar refractivity (Wildman–Crippen MR) is 73.7 cm³/mol. The molecule has 1 aromatic heterocycles. The summed E-state index contributed by atoms with van der Waals surface area (Å²) in [5.74, 6) is -0.0213. The Morgan fingerprint density at radius 1 is 1.47 bits per heavy atom. The van der Waals surface area contributed by atoms with Crippen molar-refractivity contribution in [2.24, 2.45) is 0 Å². The first-order valence-electron chi connectivity index (χ1n) is 5.67. The van der Waals surface area contributed by atoms with E-state index in [9.17, 15) is 4.79 Å². The summed E-state index contributed by atoms with van der Waals surface area (Å²) in [5, 5.41) is 1.04. The lowest BCUT2D eigenvalue weighted by atomic mass is 10.1. The number of halogens is 1. The van der Waals surface area contributed by atoms with Gasteiger partial charge >= 0.3 is 5.97 Å². The minimum absolute atomic E-state index is 0.235. The fourth-order valence-electron chi connectivity index (χ4n) is 1.74. The maximum Gasteiger partial charge on any atom is 0.341 e. The number of ether oxygens (including phenoxy) is 2. The fraction of sp³-hybridized carbons (Fsp3) is 0.231. The molecule has 0 saturated carbocycles. The normalized spacial score (nSPS) is 10.5. The second-order valence-electron chi connectivity index (χ2n) is 3.81. The minimum atomic E-state index is -0.497. The second kappa shape index (κ2) is 5.32. The Hall–Kier alpha value is -2.01. The number of nitrogens with two attached hydrogens (primary N) is 1. The number of nitrogens with zero attached hydrogens (tertiary/aromatic N) is 1. The van der Waals surface area contributed by atoms with Gasteiger partial charge in [-0.2, -0.15) is 0 Å². The molecule has 2 rings (SSSR count). The number of hydrogen-bond acceptors (Lipinski definition) is 5. The average Bonchev–Trinajstić information content (AvgIpc) is 2.38. The van der Waals surface area contributed by atoms with Crippen LogP contribution in [0.4, 0.5) is 5.69 Å². The number of pyridine rings is 1. The molecule has 6 heteroatoms. The molecule has 1 heterocycles. The van der Waals surface area contributed by atoms with Crippen LogP contribution in [-0.2, 0) is 4.74 Å². The van der Waals surface area contributed by atoms with Crippen molar-refractivity contribution in [3.63, 3.8) is 0 Å². The highest BCUT2D eigenvalue weighted by molar-refractivity contribution is 6.33. The van der Waals surface area contributed by atoms with Crippen molar-refractivity contribution in [3.05, 3.63) is 28.9 Å². The van der Waals surface area contributed by atoms with Gasteiger partial charge in [-0.25, -0.2) is 4.79 Å². The zero-order valence-corrected chi connectivity index (χ0v) is 11.3. The molecular formula is C13H13ClN2O3. The number of rotatable bonds is 3. The molecule has 0 bridgehead atoms. The Labute approximate surface area is 115 Å². The summed E-state index contributed by atoms with van der Waals surface area (Å²) in [7, 11) is 1.51. The molecule has 19 heavy (non-hydrogen) atoms. The monoisotopic (exact) mass is 280 g/mol. The van der Waals surface area contributed by atoms with Crippen LogP contribution in [-0.4, -0.2) is 24.7 Å². The van der Waals surface area contributed by atoms with Crippen LogP contribution in [0.25, 0.3) is 10.9 Å². The van der Waals surface area contributed by atoms with Crippen LogP contribution in [0.3, 0.4) is 0 Å². The molecule has 1 aromatic carbocycles. The molecule has 0 aliphatic carbocycles. The van der Waals surface area contributed by atoms with Gasteiger partial charge in [0.25, 0.3) is 0 Å². The van der Waals surface area contributed by atoms with E-state index in [0.29, 0.717) is 27.4 Å².